The molecular formula is C24H27N5O. The summed E-state index contributed by atoms with van der Waals surface area (Å²) in [4.78, 5) is 0. The van der Waals surface area contributed by atoms with Gasteiger partial charge < -0.3 is 10.1 Å². The lowest BCUT2D eigenvalue weighted by Gasteiger charge is -2.57. The van der Waals surface area contributed by atoms with Crippen molar-refractivity contribution in [2.24, 2.45) is 17.8 Å². The SMILES string of the molecule is c1ccc(-n2nnnc2Oc2cccc(CNC34CC5CC(CC(C5)C3)C4)c2)cc1. The molecule has 0 amide bonds. The number of aromatic nitrogens is 4. The van der Waals surface area contributed by atoms with Crippen molar-refractivity contribution in [2.75, 3.05) is 0 Å². The zero-order chi connectivity index (χ0) is 20.0. The number of para-hydroxylation sites is 1. The predicted molar refractivity (Wildman–Crippen MR) is 113 cm³/mol. The molecule has 4 bridgehead atoms. The molecule has 0 aliphatic heterocycles. The van der Waals surface area contributed by atoms with Gasteiger partial charge >= 0.3 is 6.01 Å². The van der Waals surface area contributed by atoms with E-state index in [1.165, 1.54) is 44.1 Å². The van der Waals surface area contributed by atoms with Crippen LogP contribution in [0.2, 0.25) is 0 Å². The third kappa shape index (κ3) is 3.39. The van der Waals surface area contributed by atoms with E-state index >= 15 is 0 Å². The second-order valence-corrected chi connectivity index (χ2v) is 9.51. The van der Waals surface area contributed by atoms with Gasteiger partial charge in [-0.1, -0.05) is 35.4 Å². The summed E-state index contributed by atoms with van der Waals surface area (Å²) in [6.07, 6.45) is 8.50. The van der Waals surface area contributed by atoms with Crippen LogP contribution in [0.1, 0.15) is 44.1 Å². The van der Waals surface area contributed by atoms with E-state index < -0.39 is 0 Å². The van der Waals surface area contributed by atoms with Crippen LogP contribution in [0.5, 0.6) is 11.8 Å². The van der Waals surface area contributed by atoms with Gasteiger partial charge in [0.05, 0.1) is 5.69 Å². The number of tetrazole rings is 1. The van der Waals surface area contributed by atoms with Crippen LogP contribution >= 0.6 is 0 Å². The average molecular weight is 402 g/mol. The molecule has 0 unspecified atom stereocenters. The fraction of sp³-hybridized carbons (Fsp3) is 0.458. The first-order valence-corrected chi connectivity index (χ1v) is 11.1. The minimum atomic E-state index is 0.364. The van der Waals surface area contributed by atoms with Crippen LogP contribution in [0.15, 0.2) is 54.6 Å². The number of nitrogens with one attached hydrogen (secondary N) is 1. The van der Waals surface area contributed by atoms with Crippen LogP contribution in [0, 0.1) is 17.8 Å². The van der Waals surface area contributed by atoms with E-state index in [4.69, 9.17) is 4.74 Å². The summed E-state index contributed by atoms with van der Waals surface area (Å²) in [6.45, 7) is 0.882. The second kappa shape index (κ2) is 7.20. The van der Waals surface area contributed by atoms with Gasteiger partial charge in [0.25, 0.3) is 0 Å². The van der Waals surface area contributed by atoms with Gasteiger partial charge in [-0.05, 0) is 96.5 Å². The van der Waals surface area contributed by atoms with E-state index in [0.717, 1.165) is 35.7 Å². The molecule has 1 aromatic heterocycles. The lowest BCUT2D eigenvalue weighted by Crippen LogP contribution is -2.58. The monoisotopic (exact) mass is 401 g/mol. The molecule has 4 aliphatic rings. The molecule has 0 radical (unpaired) electrons. The van der Waals surface area contributed by atoms with Crippen molar-refractivity contribution in [2.45, 2.75) is 50.6 Å². The lowest BCUT2D eigenvalue weighted by atomic mass is 9.53. The first-order valence-electron chi connectivity index (χ1n) is 11.1. The summed E-state index contributed by atoms with van der Waals surface area (Å²) in [7, 11) is 0. The summed E-state index contributed by atoms with van der Waals surface area (Å²) >= 11 is 0. The molecule has 3 aromatic rings. The van der Waals surface area contributed by atoms with E-state index in [1.807, 2.05) is 42.5 Å². The van der Waals surface area contributed by atoms with Crippen molar-refractivity contribution in [3.8, 4) is 17.4 Å². The largest absolute Gasteiger partial charge is 0.423 e. The fourth-order valence-electron chi connectivity index (χ4n) is 6.41. The summed E-state index contributed by atoms with van der Waals surface area (Å²) in [5.74, 6) is 3.62. The third-order valence-electron chi connectivity index (χ3n) is 7.25. The fourth-order valence-corrected chi connectivity index (χ4v) is 6.41. The molecule has 4 fully saturated rings. The molecule has 0 spiro atoms. The molecule has 1 heterocycles. The second-order valence-electron chi connectivity index (χ2n) is 9.51. The molecule has 154 valence electrons. The Balaban J connectivity index is 1.16. The van der Waals surface area contributed by atoms with Crippen LogP contribution < -0.4 is 10.1 Å². The Hall–Kier alpha value is -2.73. The molecule has 2 aromatic carbocycles. The average Bonchev–Trinajstić information content (AvgIpc) is 3.20. The quantitative estimate of drug-likeness (QED) is 0.658. The minimum Gasteiger partial charge on any atom is -0.423 e. The number of nitrogens with zero attached hydrogens (tertiary/aromatic N) is 4. The Morgan fingerprint density at radius 1 is 0.933 bits per heavy atom. The predicted octanol–water partition coefficient (Wildman–Crippen LogP) is 4.51. The van der Waals surface area contributed by atoms with E-state index in [9.17, 15) is 0 Å². The van der Waals surface area contributed by atoms with Crippen molar-refractivity contribution in [1.29, 1.82) is 0 Å². The van der Waals surface area contributed by atoms with Gasteiger partial charge in [0.1, 0.15) is 5.75 Å². The Morgan fingerprint density at radius 2 is 1.67 bits per heavy atom. The number of ether oxygens (including phenoxy) is 1. The van der Waals surface area contributed by atoms with Gasteiger partial charge in [-0.25, -0.2) is 0 Å². The standard InChI is InChI=1S/C24H27N5O/c1-2-6-21(7-3-1)29-23(26-27-28-29)30-22-8-4-5-17(12-22)16-25-24-13-18-9-19(14-24)11-20(10-18)15-24/h1-8,12,18-20,25H,9-11,13-16H2. The van der Waals surface area contributed by atoms with Crippen molar-refractivity contribution >= 4 is 0 Å². The zero-order valence-corrected chi connectivity index (χ0v) is 17.1. The van der Waals surface area contributed by atoms with Gasteiger partial charge in [0.15, 0.2) is 0 Å². The first kappa shape index (κ1) is 18.1. The molecule has 4 saturated carbocycles. The van der Waals surface area contributed by atoms with Crippen molar-refractivity contribution in [1.82, 2.24) is 25.5 Å². The van der Waals surface area contributed by atoms with E-state index in [-0.39, 0.29) is 0 Å². The highest BCUT2D eigenvalue weighted by Gasteiger charge is 2.50. The summed E-state index contributed by atoms with van der Waals surface area (Å²) in [5, 5.41) is 15.9. The van der Waals surface area contributed by atoms with Gasteiger partial charge in [-0.2, -0.15) is 4.68 Å². The van der Waals surface area contributed by atoms with Gasteiger partial charge in [-0.3, -0.25) is 0 Å². The van der Waals surface area contributed by atoms with Gasteiger partial charge in [-0.15, -0.1) is 0 Å². The summed E-state index contributed by atoms with van der Waals surface area (Å²) < 4.78 is 7.65. The van der Waals surface area contributed by atoms with Crippen LogP contribution in [-0.4, -0.2) is 25.7 Å². The van der Waals surface area contributed by atoms with Crippen LogP contribution in [0.25, 0.3) is 5.69 Å². The number of hydrogen-bond acceptors (Lipinski definition) is 5. The van der Waals surface area contributed by atoms with Gasteiger partial charge in [0, 0.05) is 12.1 Å². The summed E-state index contributed by atoms with van der Waals surface area (Å²) in [5.41, 5.74) is 2.47. The summed E-state index contributed by atoms with van der Waals surface area (Å²) in [6, 6.07) is 18.4. The molecule has 1 N–H and O–H groups in total. The van der Waals surface area contributed by atoms with Crippen LogP contribution in [0.3, 0.4) is 0 Å². The van der Waals surface area contributed by atoms with Crippen LogP contribution in [-0.2, 0) is 6.54 Å². The maximum Gasteiger partial charge on any atom is 0.345 e. The van der Waals surface area contributed by atoms with Crippen LogP contribution in [0.4, 0.5) is 0 Å². The molecule has 30 heavy (non-hydrogen) atoms. The first-order chi connectivity index (χ1) is 14.7. The normalized spacial score (nSPS) is 29.3. The molecule has 6 heteroatoms. The smallest absolute Gasteiger partial charge is 0.345 e. The van der Waals surface area contributed by atoms with E-state index in [2.05, 4.69) is 33.0 Å². The molecule has 7 rings (SSSR count). The van der Waals surface area contributed by atoms with Crippen molar-refractivity contribution in [3.05, 3.63) is 60.2 Å². The van der Waals surface area contributed by atoms with E-state index in [1.54, 1.807) is 4.68 Å². The topological polar surface area (TPSA) is 64.9 Å². The highest BCUT2D eigenvalue weighted by atomic mass is 16.5. The van der Waals surface area contributed by atoms with Crippen molar-refractivity contribution in [3.63, 3.8) is 0 Å². The molecule has 6 nitrogen and oxygen atoms in total. The maximum atomic E-state index is 6.04. The Bertz CT molecular complexity index is 996. The van der Waals surface area contributed by atoms with Crippen molar-refractivity contribution < 1.29 is 4.74 Å². The zero-order valence-electron chi connectivity index (χ0n) is 17.1. The van der Waals surface area contributed by atoms with Gasteiger partial charge in [0.2, 0.25) is 0 Å². The molecule has 0 atom stereocenters. The van der Waals surface area contributed by atoms with E-state index in [0.29, 0.717) is 11.5 Å². The lowest BCUT2D eigenvalue weighted by molar-refractivity contribution is -0.0206. The minimum absolute atomic E-state index is 0.364. The molecule has 4 aliphatic carbocycles. The Morgan fingerprint density at radius 3 is 2.40 bits per heavy atom. The number of hydrogen-bond donors (Lipinski definition) is 1. The Kier molecular flexibility index (Phi) is 4.34. The highest BCUT2D eigenvalue weighted by Crippen LogP contribution is 2.55. The number of benzene rings is 2. The molecular weight excluding hydrogens is 374 g/mol. The maximum absolute atomic E-state index is 6.04. The number of rotatable bonds is 6. The highest BCUT2D eigenvalue weighted by molar-refractivity contribution is 5.34. The Labute approximate surface area is 176 Å². The molecule has 0 saturated heterocycles. The third-order valence-corrected chi connectivity index (χ3v) is 7.25.